The zero-order valence-electron chi connectivity index (χ0n) is 19.7. The van der Waals surface area contributed by atoms with Gasteiger partial charge in [0, 0.05) is 44.6 Å². The lowest BCUT2D eigenvalue weighted by atomic mass is 9.94. The van der Waals surface area contributed by atoms with E-state index in [1.807, 2.05) is 49.1 Å². The van der Waals surface area contributed by atoms with E-state index in [4.69, 9.17) is 10.5 Å². The molecule has 2 saturated heterocycles. The van der Waals surface area contributed by atoms with Gasteiger partial charge in [0.1, 0.15) is 23.7 Å². The number of rotatable bonds is 5. The highest BCUT2D eigenvalue weighted by Crippen LogP contribution is 2.26. The number of aromatic nitrogens is 1. The Morgan fingerprint density at radius 1 is 1.12 bits per heavy atom. The first kappa shape index (κ1) is 24.5. The smallest absolute Gasteiger partial charge is 0.225 e. The third kappa shape index (κ3) is 6.69. The largest absolute Gasteiger partial charge is 0.489 e. The zero-order valence-corrected chi connectivity index (χ0v) is 19.7. The Labute approximate surface area is 197 Å². The number of piperidine rings is 2. The van der Waals surface area contributed by atoms with Crippen molar-refractivity contribution in [2.45, 2.75) is 52.2 Å². The minimum absolute atomic E-state index is 0.0493. The van der Waals surface area contributed by atoms with Crippen molar-refractivity contribution in [2.75, 3.05) is 31.9 Å². The molecule has 33 heavy (non-hydrogen) atoms. The van der Waals surface area contributed by atoms with E-state index < -0.39 is 0 Å². The Kier molecular flexibility index (Phi) is 9.08. The highest BCUT2D eigenvalue weighted by Gasteiger charge is 2.31. The quantitative estimate of drug-likeness (QED) is 0.745. The van der Waals surface area contributed by atoms with Gasteiger partial charge in [0.25, 0.3) is 0 Å². The molecule has 7 heteroatoms. The number of likely N-dealkylation sites (tertiary alicyclic amines) is 2. The van der Waals surface area contributed by atoms with Crippen LogP contribution in [0.1, 0.15) is 50.7 Å². The third-order valence-electron chi connectivity index (χ3n) is 6.24. The molecule has 2 aliphatic rings. The molecule has 2 fully saturated rings. The second-order valence-corrected chi connectivity index (χ2v) is 8.39. The monoisotopic (exact) mass is 449 g/mol. The van der Waals surface area contributed by atoms with Crippen LogP contribution >= 0.6 is 0 Å². The number of hydrogen-bond donors (Lipinski definition) is 1. The van der Waals surface area contributed by atoms with E-state index in [0.29, 0.717) is 30.2 Å². The molecule has 176 valence electrons. The standard InChI is InChI=1S/C24H29N5O2.C2H6/c25-16-20-3-1-2-4-22(20)31-21-8-13-29(14-9-21)24(30)19-6-11-28(12-7-19)17-18-5-10-27-23(26)15-18;1-2/h1-5,10,15,19,21H,6-9,11-14,17H2,(H2,26,27);1-2H3. The molecule has 2 aliphatic heterocycles. The van der Waals surface area contributed by atoms with E-state index in [0.717, 1.165) is 50.9 Å². The summed E-state index contributed by atoms with van der Waals surface area (Å²) in [6.45, 7) is 8.12. The van der Waals surface area contributed by atoms with Gasteiger partial charge in [0.05, 0.1) is 5.56 Å². The first-order valence-electron chi connectivity index (χ1n) is 12.0. The summed E-state index contributed by atoms with van der Waals surface area (Å²) in [5, 5.41) is 9.23. The van der Waals surface area contributed by atoms with Crippen molar-refractivity contribution in [3.05, 3.63) is 53.7 Å². The Morgan fingerprint density at radius 2 is 1.82 bits per heavy atom. The Hall–Kier alpha value is -3.11. The highest BCUT2D eigenvalue weighted by molar-refractivity contribution is 5.79. The molecule has 0 unspecified atom stereocenters. The molecule has 1 aromatic heterocycles. The van der Waals surface area contributed by atoms with Crippen LogP contribution in [0.3, 0.4) is 0 Å². The summed E-state index contributed by atoms with van der Waals surface area (Å²) in [6, 6.07) is 13.4. The average Bonchev–Trinajstić information content (AvgIpc) is 2.86. The Balaban J connectivity index is 0.00000149. The minimum Gasteiger partial charge on any atom is -0.489 e. The fourth-order valence-corrected chi connectivity index (χ4v) is 4.48. The van der Waals surface area contributed by atoms with Crippen LogP contribution in [0.5, 0.6) is 5.75 Å². The van der Waals surface area contributed by atoms with Crippen LogP contribution in [0.2, 0.25) is 0 Å². The summed E-state index contributed by atoms with van der Waals surface area (Å²) in [7, 11) is 0. The number of carbonyl (C=O) groups is 1. The number of pyridine rings is 1. The van der Waals surface area contributed by atoms with Crippen molar-refractivity contribution < 1.29 is 9.53 Å². The lowest BCUT2D eigenvalue weighted by Crippen LogP contribution is -2.47. The lowest BCUT2D eigenvalue weighted by molar-refractivity contribution is -0.139. The molecule has 2 N–H and O–H groups in total. The molecule has 1 aromatic carbocycles. The predicted molar refractivity (Wildman–Crippen MR) is 129 cm³/mol. The van der Waals surface area contributed by atoms with E-state index in [9.17, 15) is 10.1 Å². The topological polar surface area (TPSA) is 95.5 Å². The van der Waals surface area contributed by atoms with Crippen molar-refractivity contribution in [1.29, 1.82) is 5.26 Å². The van der Waals surface area contributed by atoms with Crippen LogP contribution in [0.4, 0.5) is 5.82 Å². The maximum atomic E-state index is 13.0. The summed E-state index contributed by atoms with van der Waals surface area (Å²) >= 11 is 0. The van der Waals surface area contributed by atoms with Crippen LogP contribution in [0.15, 0.2) is 42.6 Å². The molecule has 1 amide bonds. The Morgan fingerprint density at radius 3 is 2.48 bits per heavy atom. The fourth-order valence-electron chi connectivity index (χ4n) is 4.48. The molecule has 0 aliphatic carbocycles. The molecular weight excluding hydrogens is 414 g/mol. The maximum absolute atomic E-state index is 13.0. The SMILES string of the molecule is CC.N#Cc1ccccc1OC1CCN(C(=O)C2CCN(Cc3ccnc(N)c3)CC2)CC1. The van der Waals surface area contributed by atoms with Crippen LogP contribution in [0, 0.1) is 17.2 Å². The number of nitrogen functional groups attached to an aromatic ring is 1. The number of carbonyl (C=O) groups excluding carboxylic acids is 1. The maximum Gasteiger partial charge on any atom is 0.225 e. The molecule has 0 atom stereocenters. The predicted octanol–water partition coefficient (Wildman–Crippen LogP) is 3.84. The van der Waals surface area contributed by atoms with Crippen LogP contribution < -0.4 is 10.5 Å². The summed E-state index contributed by atoms with van der Waals surface area (Å²) in [4.78, 5) is 21.5. The first-order chi connectivity index (χ1) is 16.1. The number of anilines is 1. The van der Waals surface area contributed by atoms with Gasteiger partial charge >= 0.3 is 0 Å². The number of benzene rings is 1. The lowest BCUT2D eigenvalue weighted by Gasteiger charge is -2.37. The third-order valence-corrected chi connectivity index (χ3v) is 6.24. The van der Waals surface area contributed by atoms with Crippen molar-refractivity contribution in [2.24, 2.45) is 5.92 Å². The Bertz CT molecular complexity index is 942. The number of amides is 1. The molecular formula is C26H35N5O2. The van der Waals surface area contributed by atoms with Gasteiger partial charge in [-0.05, 0) is 55.8 Å². The molecule has 0 radical (unpaired) electrons. The number of nitrogens with zero attached hydrogens (tertiary/aromatic N) is 4. The van der Waals surface area contributed by atoms with E-state index in [1.165, 1.54) is 0 Å². The minimum atomic E-state index is 0.0493. The van der Waals surface area contributed by atoms with Gasteiger partial charge in [-0.1, -0.05) is 26.0 Å². The van der Waals surface area contributed by atoms with Crippen LogP contribution in [-0.2, 0) is 11.3 Å². The number of nitriles is 1. The highest BCUT2D eigenvalue weighted by atomic mass is 16.5. The van der Waals surface area contributed by atoms with Gasteiger partial charge in [-0.15, -0.1) is 0 Å². The van der Waals surface area contributed by atoms with Crippen molar-refractivity contribution in [1.82, 2.24) is 14.8 Å². The molecule has 7 nitrogen and oxygen atoms in total. The van der Waals surface area contributed by atoms with Gasteiger partial charge in [-0.25, -0.2) is 4.98 Å². The van der Waals surface area contributed by atoms with E-state index in [2.05, 4.69) is 16.0 Å². The number of hydrogen-bond acceptors (Lipinski definition) is 6. The summed E-state index contributed by atoms with van der Waals surface area (Å²) in [5.41, 5.74) is 7.49. The van der Waals surface area contributed by atoms with Crippen molar-refractivity contribution >= 4 is 11.7 Å². The molecule has 0 bridgehead atoms. The van der Waals surface area contributed by atoms with Crippen LogP contribution in [0.25, 0.3) is 0 Å². The van der Waals surface area contributed by atoms with E-state index in [-0.39, 0.29) is 17.9 Å². The summed E-state index contributed by atoms with van der Waals surface area (Å²) in [6.07, 6.45) is 5.18. The van der Waals surface area contributed by atoms with Crippen molar-refractivity contribution in [3.63, 3.8) is 0 Å². The van der Waals surface area contributed by atoms with Gasteiger partial charge in [0.15, 0.2) is 0 Å². The average molecular weight is 450 g/mol. The first-order valence-corrected chi connectivity index (χ1v) is 12.0. The summed E-state index contributed by atoms with van der Waals surface area (Å²) in [5.74, 6) is 1.57. The number of ether oxygens (including phenoxy) is 1. The molecule has 2 aromatic rings. The van der Waals surface area contributed by atoms with Gasteiger partial charge in [-0.2, -0.15) is 5.26 Å². The molecule has 3 heterocycles. The molecule has 0 saturated carbocycles. The van der Waals surface area contributed by atoms with Gasteiger partial charge in [-0.3, -0.25) is 9.69 Å². The molecule has 4 rings (SSSR count). The fraction of sp³-hybridized carbons (Fsp3) is 0.500. The van der Waals surface area contributed by atoms with E-state index >= 15 is 0 Å². The van der Waals surface area contributed by atoms with Gasteiger partial charge < -0.3 is 15.4 Å². The second kappa shape index (κ2) is 12.2. The second-order valence-electron chi connectivity index (χ2n) is 8.39. The summed E-state index contributed by atoms with van der Waals surface area (Å²) < 4.78 is 6.05. The number of para-hydroxylation sites is 1. The van der Waals surface area contributed by atoms with Crippen LogP contribution in [-0.4, -0.2) is 53.0 Å². The van der Waals surface area contributed by atoms with E-state index in [1.54, 1.807) is 12.3 Å². The normalized spacial score (nSPS) is 17.5. The van der Waals surface area contributed by atoms with Crippen molar-refractivity contribution in [3.8, 4) is 11.8 Å². The van der Waals surface area contributed by atoms with Gasteiger partial charge in [0.2, 0.25) is 5.91 Å². The molecule has 0 spiro atoms. The number of nitrogens with two attached hydrogens (primary N) is 1. The zero-order chi connectivity index (χ0) is 23.6.